The van der Waals surface area contributed by atoms with Crippen molar-refractivity contribution in [2.24, 2.45) is 0 Å². The van der Waals surface area contributed by atoms with Gasteiger partial charge in [-0.15, -0.1) is 0 Å². The number of aromatic amines is 1. The molecule has 2 aromatic heterocycles. The fourth-order valence-corrected chi connectivity index (χ4v) is 2.11. The Bertz CT molecular complexity index is 814. The summed E-state index contributed by atoms with van der Waals surface area (Å²) in [7, 11) is 0. The number of aryl methyl sites for hydroxylation is 1. The number of fused-ring (bicyclic) bond motifs is 1. The molecule has 0 bridgehead atoms. The molecular formula is C14H9FN4. The van der Waals surface area contributed by atoms with Gasteiger partial charge in [-0.1, -0.05) is 12.1 Å². The summed E-state index contributed by atoms with van der Waals surface area (Å²) in [5, 5.41) is 16.6. The highest BCUT2D eigenvalue weighted by molar-refractivity contribution is 5.93. The molecule has 0 spiro atoms. The van der Waals surface area contributed by atoms with Gasteiger partial charge < -0.3 is 0 Å². The second kappa shape index (κ2) is 4.18. The van der Waals surface area contributed by atoms with E-state index in [1.807, 2.05) is 18.2 Å². The highest BCUT2D eigenvalue weighted by Gasteiger charge is 2.13. The summed E-state index contributed by atoms with van der Waals surface area (Å²) in [6.45, 7) is 1.77. The molecule has 1 N–H and O–H groups in total. The first-order valence-corrected chi connectivity index (χ1v) is 5.70. The van der Waals surface area contributed by atoms with Crippen molar-refractivity contribution >= 4 is 10.9 Å². The number of aromatic nitrogens is 3. The molecule has 0 amide bonds. The molecule has 0 aliphatic carbocycles. The first kappa shape index (κ1) is 11.4. The molecule has 19 heavy (non-hydrogen) atoms. The van der Waals surface area contributed by atoms with E-state index in [1.54, 1.807) is 19.2 Å². The van der Waals surface area contributed by atoms with E-state index in [4.69, 9.17) is 5.26 Å². The van der Waals surface area contributed by atoms with Crippen LogP contribution in [0.2, 0.25) is 0 Å². The van der Waals surface area contributed by atoms with Gasteiger partial charge in [-0.25, -0.2) is 9.37 Å². The molecule has 1 aromatic carbocycles. The van der Waals surface area contributed by atoms with Crippen LogP contribution >= 0.6 is 0 Å². The van der Waals surface area contributed by atoms with Crippen molar-refractivity contribution in [2.75, 3.05) is 0 Å². The van der Waals surface area contributed by atoms with Gasteiger partial charge in [0.25, 0.3) is 0 Å². The highest BCUT2D eigenvalue weighted by atomic mass is 19.1. The maximum absolute atomic E-state index is 13.5. The van der Waals surface area contributed by atoms with E-state index in [0.29, 0.717) is 11.3 Å². The predicted molar refractivity (Wildman–Crippen MR) is 68.7 cm³/mol. The summed E-state index contributed by atoms with van der Waals surface area (Å²) in [4.78, 5) is 4.11. The number of H-pyrrole nitrogens is 1. The molecule has 0 unspecified atom stereocenters. The monoisotopic (exact) mass is 252 g/mol. The largest absolute Gasteiger partial charge is 0.278 e. The molecule has 4 nitrogen and oxygen atoms in total. The number of nitrogens with zero attached hydrogens (tertiary/aromatic N) is 3. The smallest absolute Gasteiger partial charge is 0.176 e. The fraction of sp³-hybridized carbons (Fsp3) is 0.0714. The van der Waals surface area contributed by atoms with Gasteiger partial charge in [-0.3, -0.25) is 5.10 Å². The first-order valence-electron chi connectivity index (χ1n) is 5.70. The highest BCUT2D eigenvalue weighted by Crippen LogP contribution is 2.29. The minimum Gasteiger partial charge on any atom is -0.278 e. The van der Waals surface area contributed by atoms with Gasteiger partial charge in [0.05, 0.1) is 17.4 Å². The third-order valence-electron chi connectivity index (χ3n) is 3.01. The van der Waals surface area contributed by atoms with E-state index in [-0.39, 0.29) is 5.69 Å². The van der Waals surface area contributed by atoms with Gasteiger partial charge in [0, 0.05) is 10.9 Å². The Labute approximate surface area is 108 Å². The van der Waals surface area contributed by atoms with Gasteiger partial charge in [0.15, 0.2) is 11.5 Å². The van der Waals surface area contributed by atoms with Crippen molar-refractivity contribution in [3.8, 4) is 17.3 Å². The zero-order valence-corrected chi connectivity index (χ0v) is 10.1. The van der Waals surface area contributed by atoms with Crippen LogP contribution in [0.25, 0.3) is 22.2 Å². The Morgan fingerprint density at radius 2 is 2.21 bits per heavy atom. The lowest BCUT2D eigenvalue weighted by molar-refractivity contribution is 0.615. The molecule has 3 aromatic rings. The van der Waals surface area contributed by atoms with Crippen LogP contribution in [0.3, 0.4) is 0 Å². The van der Waals surface area contributed by atoms with Crippen LogP contribution in [0.1, 0.15) is 11.3 Å². The van der Waals surface area contributed by atoms with Gasteiger partial charge in [-0.05, 0) is 24.6 Å². The van der Waals surface area contributed by atoms with E-state index < -0.39 is 5.82 Å². The number of pyridine rings is 1. The third kappa shape index (κ3) is 1.74. The Kier molecular flexibility index (Phi) is 2.50. The number of nitriles is 1. The molecule has 0 aliphatic rings. The van der Waals surface area contributed by atoms with Crippen LogP contribution in [0.15, 0.2) is 30.5 Å². The standard InChI is InChI=1S/C14H9FN4/c1-8-5-11(15)13(6-16)18-14(8)9-3-2-4-12-10(9)7-17-19-12/h2-5,7H,1H3,(H,17,19). The molecule has 92 valence electrons. The maximum Gasteiger partial charge on any atom is 0.176 e. The first-order chi connectivity index (χ1) is 9.20. The Hall–Kier alpha value is -2.74. The Balaban J connectivity index is 2.33. The second-order valence-electron chi connectivity index (χ2n) is 4.23. The topological polar surface area (TPSA) is 65.4 Å². The second-order valence-corrected chi connectivity index (χ2v) is 4.23. The predicted octanol–water partition coefficient (Wildman–Crippen LogP) is 2.94. The molecule has 0 atom stereocenters. The fourth-order valence-electron chi connectivity index (χ4n) is 2.11. The summed E-state index contributed by atoms with van der Waals surface area (Å²) in [6, 6.07) is 8.75. The molecule has 0 aliphatic heterocycles. The summed E-state index contributed by atoms with van der Waals surface area (Å²) < 4.78 is 13.5. The lowest BCUT2D eigenvalue weighted by Gasteiger charge is -2.07. The van der Waals surface area contributed by atoms with Crippen molar-refractivity contribution in [3.05, 3.63) is 47.5 Å². The average molecular weight is 252 g/mol. The van der Waals surface area contributed by atoms with Crippen molar-refractivity contribution in [3.63, 3.8) is 0 Å². The number of nitrogens with one attached hydrogen (secondary N) is 1. The number of hydrogen-bond donors (Lipinski definition) is 1. The normalized spacial score (nSPS) is 10.6. The molecule has 0 radical (unpaired) electrons. The van der Waals surface area contributed by atoms with Crippen LogP contribution in [0.4, 0.5) is 4.39 Å². The molecule has 0 saturated heterocycles. The Morgan fingerprint density at radius 3 is 3.00 bits per heavy atom. The molecule has 5 heteroatoms. The summed E-state index contributed by atoms with van der Waals surface area (Å²) >= 11 is 0. The average Bonchev–Trinajstić information content (AvgIpc) is 2.87. The van der Waals surface area contributed by atoms with E-state index in [9.17, 15) is 4.39 Å². The van der Waals surface area contributed by atoms with E-state index >= 15 is 0 Å². The lowest BCUT2D eigenvalue weighted by Crippen LogP contribution is -1.96. The van der Waals surface area contributed by atoms with E-state index in [1.165, 1.54) is 6.07 Å². The van der Waals surface area contributed by atoms with Crippen LogP contribution in [-0.4, -0.2) is 15.2 Å². The summed E-state index contributed by atoms with van der Waals surface area (Å²) in [6.07, 6.45) is 1.70. The minimum atomic E-state index is -0.594. The molecular weight excluding hydrogens is 243 g/mol. The minimum absolute atomic E-state index is 0.193. The van der Waals surface area contributed by atoms with Gasteiger partial charge in [0.1, 0.15) is 6.07 Å². The van der Waals surface area contributed by atoms with Gasteiger partial charge >= 0.3 is 0 Å². The van der Waals surface area contributed by atoms with Crippen LogP contribution in [0.5, 0.6) is 0 Å². The maximum atomic E-state index is 13.5. The van der Waals surface area contributed by atoms with Crippen molar-refractivity contribution in [2.45, 2.75) is 6.92 Å². The summed E-state index contributed by atoms with van der Waals surface area (Å²) in [5.74, 6) is -0.594. The number of halogens is 1. The molecule has 2 heterocycles. The van der Waals surface area contributed by atoms with Crippen molar-refractivity contribution in [1.29, 1.82) is 5.26 Å². The zero-order chi connectivity index (χ0) is 13.4. The van der Waals surface area contributed by atoms with Gasteiger partial charge in [-0.2, -0.15) is 10.4 Å². The van der Waals surface area contributed by atoms with Crippen LogP contribution in [0, 0.1) is 24.1 Å². The third-order valence-corrected chi connectivity index (χ3v) is 3.01. The van der Waals surface area contributed by atoms with Crippen molar-refractivity contribution < 1.29 is 4.39 Å². The van der Waals surface area contributed by atoms with Gasteiger partial charge in [0.2, 0.25) is 0 Å². The lowest BCUT2D eigenvalue weighted by atomic mass is 10.0. The zero-order valence-electron chi connectivity index (χ0n) is 10.1. The van der Waals surface area contributed by atoms with Crippen LogP contribution in [-0.2, 0) is 0 Å². The quantitative estimate of drug-likeness (QED) is 0.724. The molecule has 0 fully saturated rings. The van der Waals surface area contributed by atoms with Crippen LogP contribution < -0.4 is 0 Å². The number of benzene rings is 1. The summed E-state index contributed by atoms with van der Waals surface area (Å²) in [5.41, 5.74) is 2.80. The number of hydrogen-bond acceptors (Lipinski definition) is 3. The van der Waals surface area contributed by atoms with E-state index in [0.717, 1.165) is 16.5 Å². The van der Waals surface area contributed by atoms with E-state index in [2.05, 4.69) is 15.2 Å². The Morgan fingerprint density at radius 1 is 1.37 bits per heavy atom. The number of rotatable bonds is 1. The van der Waals surface area contributed by atoms with Crippen molar-refractivity contribution in [1.82, 2.24) is 15.2 Å². The molecule has 0 saturated carbocycles. The SMILES string of the molecule is Cc1cc(F)c(C#N)nc1-c1cccc2[nH]ncc12. The molecule has 3 rings (SSSR count).